The van der Waals surface area contributed by atoms with Gasteiger partial charge in [0.05, 0.1) is 18.5 Å². The van der Waals surface area contributed by atoms with E-state index in [9.17, 15) is 13.2 Å². The number of ether oxygens (including phenoxy) is 1. The van der Waals surface area contributed by atoms with Crippen molar-refractivity contribution in [3.63, 3.8) is 0 Å². The maximum atomic E-state index is 11.5. The fourth-order valence-corrected chi connectivity index (χ4v) is 2.28. The first kappa shape index (κ1) is 16.3. The molecule has 2 N–H and O–H groups in total. The summed E-state index contributed by atoms with van der Waals surface area (Å²) in [6, 6.07) is -1.05. The second-order valence-corrected chi connectivity index (χ2v) is 5.91. The smallest absolute Gasteiger partial charge is 0.321 e. The highest BCUT2D eigenvalue weighted by Crippen LogP contribution is 2.00. The average Bonchev–Trinajstić information content (AvgIpc) is 2.15. The molecule has 0 aliphatic heterocycles. The summed E-state index contributed by atoms with van der Waals surface area (Å²) in [5.41, 5.74) is 0. The molecule has 7 heteroatoms. The third kappa shape index (κ3) is 8.12. The van der Waals surface area contributed by atoms with E-state index < -0.39 is 22.0 Å². The molecule has 0 fully saturated rings. The van der Waals surface area contributed by atoms with E-state index in [1.165, 1.54) is 0 Å². The summed E-state index contributed by atoms with van der Waals surface area (Å²) in [5, 5.41) is 8.82. The summed E-state index contributed by atoms with van der Waals surface area (Å²) < 4.78 is 30.4. The van der Waals surface area contributed by atoms with Crippen molar-refractivity contribution in [3.8, 4) is 0 Å². The van der Waals surface area contributed by atoms with Gasteiger partial charge in [-0.1, -0.05) is 13.3 Å². The summed E-state index contributed by atoms with van der Waals surface area (Å²) in [6.07, 6.45) is 0.831. The van der Waals surface area contributed by atoms with Gasteiger partial charge in [0.1, 0.15) is 6.04 Å². The standard InChI is InChI=1S/C10H21NO5S/c1-4-5-9(10(12)13)11-17(14,15)7-6-16-8(2)3/h8-9,11H,4-7H2,1-3H3,(H,12,13)/t9-/m0/s1. The number of rotatable bonds is 9. The second-order valence-electron chi connectivity index (χ2n) is 4.04. The molecule has 0 amide bonds. The van der Waals surface area contributed by atoms with Crippen molar-refractivity contribution in [2.45, 2.75) is 45.8 Å². The molecule has 0 spiro atoms. The molecule has 0 heterocycles. The second kappa shape index (κ2) is 7.62. The van der Waals surface area contributed by atoms with Gasteiger partial charge < -0.3 is 9.84 Å². The molecule has 0 unspecified atom stereocenters. The van der Waals surface area contributed by atoms with Crippen LogP contribution < -0.4 is 4.72 Å². The first-order valence-corrected chi connectivity index (χ1v) is 7.28. The highest BCUT2D eigenvalue weighted by molar-refractivity contribution is 7.89. The Balaban J connectivity index is 4.26. The van der Waals surface area contributed by atoms with E-state index in [4.69, 9.17) is 9.84 Å². The molecule has 0 aliphatic rings. The van der Waals surface area contributed by atoms with Gasteiger partial charge in [0.25, 0.3) is 0 Å². The van der Waals surface area contributed by atoms with Crippen molar-refractivity contribution in [2.75, 3.05) is 12.4 Å². The Morgan fingerprint density at radius 3 is 2.41 bits per heavy atom. The normalized spacial score (nSPS) is 13.9. The molecule has 6 nitrogen and oxygen atoms in total. The number of carboxylic acid groups (broad SMARTS) is 1. The fourth-order valence-electron chi connectivity index (χ4n) is 1.19. The van der Waals surface area contributed by atoms with E-state index in [1.54, 1.807) is 20.8 Å². The van der Waals surface area contributed by atoms with Crippen LogP contribution >= 0.6 is 0 Å². The summed E-state index contributed by atoms with van der Waals surface area (Å²) in [4.78, 5) is 10.8. The summed E-state index contributed by atoms with van der Waals surface area (Å²) in [7, 11) is -3.60. The molecule has 0 aromatic heterocycles. The maximum absolute atomic E-state index is 11.5. The van der Waals surface area contributed by atoms with Gasteiger partial charge >= 0.3 is 5.97 Å². The van der Waals surface area contributed by atoms with Gasteiger partial charge in [-0.2, -0.15) is 0 Å². The quantitative estimate of drug-likeness (QED) is 0.637. The number of carboxylic acids is 1. The topological polar surface area (TPSA) is 92.7 Å². The van der Waals surface area contributed by atoms with Crippen LogP contribution in [-0.4, -0.2) is 44.0 Å². The molecule has 0 aromatic carbocycles. The van der Waals surface area contributed by atoms with Crippen LogP contribution in [0.4, 0.5) is 0 Å². The molecular formula is C10H21NO5S. The molecule has 0 radical (unpaired) electrons. The number of hydrogen-bond acceptors (Lipinski definition) is 4. The molecule has 0 aromatic rings. The van der Waals surface area contributed by atoms with Gasteiger partial charge in [-0.3, -0.25) is 4.79 Å². The zero-order chi connectivity index (χ0) is 13.5. The van der Waals surface area contributed by atoms with Crippen LogP contribution in [0.15, 0.2) is 0 Å². The first-order valence-electron chi connectivity index (χ1n) is 5.63. The SMILES string of the molecule is CCC[C@H](NS(=O)(=O)CCOC(C)C)C(=O)O. The zero-order valence-electron chi connectivity index (χ0n) is 10.5. The Labute approximate surface area is 102 Å². The van der Waals surface area contributed by atoms with Crippen molar-refractivity contribution in [3.05, 3.63) is 0 Å². The molecule has 0 bridgehead atoms. The summed E-state index contributed by atoms with van der Waals surface area (Å²) >= 11 is 0. The third-order valence-corrected chi connectivity index (χ3v) is 3.35. The van der Waals surface area contributed by atoms with E-state index in [1.807, 2.05) is 0 Å². The molecule has 102 valence electrons. The van der Waals surface area contributed by atoms with Crippen molar-refractivity contribution in [2.24, 2.45) is 0 Å². The zero-order valence-corrected chi connectivity index (χ0v) is 11.3. The van der Waals surface area contributed by atoms with E-state index in [0.29, 0.717) is 6.42 Å². The maximum Gasteiger partial charge on any atom is 0.321 e. The lowest BCUT2D eigenvalue weighted by Crippen LogP contribution is -2.42. The molecular weight excluding hydrogens is 246 g/mol. The highest BCUT2D eigenvalue weighted by Gasteiger charge is 2.22. The number of hydrogen-bond donors (Lipinski definition) is 2. The van der Waals surface area contributed by atoms with Crippen molar-refractivity contribution in [1.29, 1.82) is 0 Å². The highest BCUT2D eigenvalue weighted by atomic mass is 32.2. The fraction of sp³-hybridized carbons (Fsp3) is 0.900. The lowest BCUT2D eigenvalue weighted by molar-refractivity contribution is -0.139. The van der Waals surface area contributed by atoms with E-state index in [-0.39, 0.29) is 24.9 Å². The number of aliphatic carboxylic acids is 1. The molecule has 1 atom stereocenters. The number of carbonyl (C=O) groups is 1. The first-order chi connectivity index (χ1) is 7.78. The van der Waals surface area contributed by atoms with Crippen LogP contribution in [0.25, 0.3) is 0 Å². The van der Waals surface area contributed by atoms with Crippen molar-refractivity contribution in [1.82, 2.24) is 4.72 Å². The predicted octanol–water partition coefficient (Wildman–Crippen LogP) is 0.584. The lowest BCUT2D eigenvalue weighted by Gasteiger charge is -2.14. The Hall–Kier alpha value is -0.660. The summed E-state index contributed by atoms with van der Waals surface area (Å²) in [5.74, 6) is -1.38. The molecule has 0 saturated heterocycles. The van der Waals surface area contributed by atoms with Gasteiger partial charge in [-0.25, -0.2) is 13.1 Å². The van der Waals surface area contributed by atoms with E-state index in [2.05, 4.69) is 4.72 Å². The Morgan fingerprint density at radius 2 is 2.00 bits per heavy atom. The number of nitrogens with one attached hydrogen (secondary N) is 1. The minimum atomic E-state index is -3.60. The van der Waals surface area contributed by atoms with Crippen LogP contribution in [0.1, 0.15) is 33.6 Å². The van der Waals surface area contributed by atoms with Gasteiger partial charge in [0, 0.05) is 0 Å². The third-order valence-electron chi connectivity index (χ3n) is 2.00. The number of sulfonamides is 1. The van der Waals surface area contributed by atoms with E-state index >= 15 is 0 Å². The average molecular weight is 267 g/mol. The molecule has 0 saturated carbocycles. The predicted molar refractivity (Wildman–Crippen MR) is 64.3 cm³/mol. The van der Waals surface area contributed by atoms with Crippen LogP contribution in [-0.2, 0) is 19.6 Å². The van der Waals surface area contributed by atoms with Gasteiger partial charge in [0.2, 0.25) is 10.0 Å². The van der Waals surface area contributed by atoms with Gasteiger partial charge in [-0.15, -0.1) is 0 Å². The lowest BCUT2D eigenvalue weighted by atomic mass is 10.2. The minimum absolute atomic E-state index is 0.0453. The summed E-state index contributed by atoms with van der Waals surface area (Å²) in [6.45, 7) is 5.46. The van der Waals surface area contributed by atoms with Crippen LogP contribution in [0.5, 0.6) is 0 Å². The monoisotopic (exact) mass is 267 g/mol. The Bertz CT molecular complexity index is 326. The largest absolute Gasteiger partial charge is 0.480 e. The van der Waals surface area contributed by atoms with Crippen molar-refractivity contribution >= 4 is 16.0 Å². The van der Waals surface area contributed by atoms with Gasteiger partial charge in [-0.05, 0) is 20.3 Å². The van der Waals surface area contributed by atoms with Gasteiger partial charge in [0.15, 0.2) is 0 Å². The van der Waals surface area contributed by atoms with Crippen LogP contribution in [0.3, 0.4) is 0 Å². The minimum Gasteiger partial charge on any atom is -0.480 e. The van der Waals surface area contributed by atoms with E-state index in [0.717, 1.165) is 0 Å². The van der Waals surface area contributed by atoms with Crippen LogP contribution in [0, 0.1) is 0 Å². The molecule has 0 aliphatic carbocycles. The van der Waals surface area contributed by atoms with Crippen molar-refractivity contribution < 1.29 is 23.1 Å². The molecule has 0 rings (SSSR count). The van der Waals surface area contributed by atoms with Crippen LogP contribution in [0.2, 0.25) is 0 Å². The Morgan fingerprint density at radius 1 is 1.41 bits per heavy atom. The molecule has 17 heavy (non-hydrogen) atoms. The Kier molecular flexibility index (Phi) is 7.33.